The van der Waals surface area contributed by atoms with Crippen molar-refractivity contribution in [2.24, 2.45) is 0 Å². The Kier molecular flexibility index (Phi) is 4.77. The highest BCUT2D eigenvalue weighted by molar-refractivity contribution is 5.93. The quantitative estimate of drug-likeness (QED) is 0.854. The summed E-state index contributed by atoms with van der Waals surface area (Å²) in [6.07, 6.45) is 2.56. The van der Waals surface area contributed by atoms with Gasteiger partial charge in [0, 0.05) is 12.7 Å². The number of aryl methyl sites for hydroxylation is 1. The molecule has 0 saturated carbocycles. The first-order valence-electron chi connectivity index (χ1n) is 6.83. The summed E-state index contributed by atoms with van der Waals surface area (Å²) >= 11 is 0. The first-order chi connectivity index (χ1) is 10.1. The number of amides is 1. The second kappa shape index (κ2) is 6.74. The van der Waals surface area contributed by atoms with Crippen LogP contribution in [0.4, 0.5) is 0 Å². The van der Waals surface area contributed by atoms with Crippen molar-refractivity contribution in [1.82, 2.24) is 9.88 Å². The largest absolute Gasteiger partial charge is 0.480 e. The predicted octanol–water partition coefficient (Wildman–Crippen LogP) is 2.07. The van der Waals surface area contributed by atoms with Gasteiger partial charge in [0.15, 0.2) is 0 Å². The second-order valence-electron chi connectivity index (χ2n) is 4.77. The van der Waals surface area contributed by atoms with E-state index in [1.165, 1.54) is 10.1 Å². The maximum atomic E-state index is 12.1. The molecule has 0 unspecified atom stereocenters. The van der Waals surface area contributed by atoms with Crippen molar-refractivity contribution < 1.29 is 14.7 Å². The van der Waals surface area contributed by atoms with E-state index in [0.717, 1.165) is 12.0 Å². The third-order valence-corrected chi connectivity index (χ3v) is 3.25. The summed E-state index contributed by atoms with van der Waals surface area (Å²) in [6.45, 7) is 2.29. The topological polar surface area (TPSA) is 71.3 Å². The Morgan fingerprint density at radius 3 is 2.43 bits per heavy atom. The van der Waals surface area contributed by atoms with Gasteiger partial charge in [0.2, 0.25) is 0 Å². The fraction of sp³-hybridized carbons (Fsp3) is 0.250. The van der Waals surface area contributed by atoms with Gasteiger partial charge in [0.25, 0.3) is 5.91 Å². The number of carbonyl (C=O) groups is 2. The highest BCUT2D eigenvalue weighted by Crippen LogP contribution is 2.06. The van der Waals surface area contributed by atoms with E-state index in [1.54, 1.807) is 18.3 Å². The van der Waals surface area contributed by atoms with E-state index in [-0.39, 0.29) is 12.5 Å². The van der Waals surface area contributed by atoms with Crippen LogP contribution in [-0.2, 0) is 24.3 Å². The van der Waals surface area contributed by atoms with Crippen molar-refractivity contribution >= 4 is 11.9 Å². The van der Waals surface area contributed by atoms with Crippen molar-refractivity contribution in [2.75, 3.05) is 0 Å². The zero-order valence-electron chi connectivity index (χ0n) is 11.9. The van der Waals surface area contributed by atoms with Crippen molar-refractivity contribution in [2.45, 2.75) is 26.4 Å². The number of carboxylic acid groups (broad SMARTS) is 1. The molecule has 0 radical (unpaired) electrons. The summed E-state index contributed by atoms with van der Waals surface area (Å²) in [4.78, 5) is 22.8. The fourth-order valence-corrected chi connectivity index (χ4v) is 2.07. The lowest BCUT2D eigenvalue weighted by molar-refractivity contribution is -0.137. The molecule has 0 aliphatic heterocycles. The molecule has 0 atom stereocenters. The molecule has 0 aliphatic rings. The number of benzene rings is 1. The standard InChI is InChI=1S/C16H18N2O3/c1-2-12-5-7-13(8-6-12)10-17-16(21)14-4-3-9-18(14)11-15(19)20/h3-9H,2,10-11H2,1H3,(H,17,21)(H,19,20). The van der Waals surface area contributed by atoms with E-state index in [1.807, 2.05) is 24.3 Å². The van der Waals surface area contributed by atoms with E-state index in [2.05, 4.69) is 12.2 Å². The van der Waals surface area contributed by atoms with Gasteiger partial charge in [-0.05, 0) is 29.7 Å². The van der Waals surface area contributed by atoms with Gasteiger partial charge in [-0.25, -0.2) is 0 Å². The Morgan fingerprint density at radius 2 is 1.81 bits per heavy atom. The van der Waals surface area contributed by atoms with Crippen LogP contribution in [0.5, 0.6) is 0 Å². The van der Waals surface area contributed by atoms with Crippen LogP contribution in [0.2, 0.25) is 0 Å². The summed E-state index contributed by atoms with van der Waals surface area (Å²) in [7, 11) is 0. The Hall–Kier alpha value is -2.56. The molecular formula is C16H18N2O3. The van der Waals surface area contributed by atoms with Gasteiger partial charge >= 0.3 is 5.97 Å². The maximum Gasteiger partial charge on any atom is 0.323 e. The predicted molar refractivity (Wildman–Crippen MR) is 79.1 cm³/mol. The molecule has 1 amide bonds. The summed E-state index contributed by atoms with van der Waals surface area (Å²) in [5.41, 5.74) is 2.61. The molecule has 2 rings (SSSR count). The summed E-state index contributed by atoms with van der Waals surface area (Å²) < 4.78 is 1.41. The van der Waals surface area contributed by atoms with Gasteiger partial charge < -0.3 is 15.0 Å². The monoisotopic (exact) mass is 286 g/mol. The van der Waals surface area contributed by atoms with Crippen LogP contribution in [0.3, 0.4) is 0 Å². The number of nitrogens with zero attached hydrogens (tertiary/aromatic N) is 1. The Balaban J connectivity index is 1.98. The molecule has 110 valence electrons. The smallest absolute Gasteiger partial charge is 0.323 e. The minimum Gasteiger partial charge on any atom is -0.480 e. The minimum absolute atomic E-state index is 0.221. The van der Waals surface area contributed by atoms with Gasteiger partial charge in [0.05, 0.1) is 0 Å². The lowest BCUT2D eigenvalue weighted by Gasteiger charge is -2.08. The first kappa shape index (κ1) is 14.8. The zero-order chi connectivity index (χ0) is 15.2. The molecule has 0 fully saturated rings. The van der Waals surface area contributed by atoms with Crippen LogP contribution < -0.4 is 5.32 Å². The third kappa shape index (κ3) is 3.95. The molecule has 5 heteroatoms. The molecule has 2 N–H and O–H groups in total. The average molecular weight is 286 g/mol. The highest BCUT2D eigenvalue weighted by Gasteiger charge is 2.12. The number of hydrogen-bond acceptors (Lipinski definition) is 2. The third-order valence-electron chi connectivity index (χ3n) is 3.25. The number of hydrogen-bond donors (Lipinski definition) is 2. The van der Waals surface area contributed by atoms with Crippen LogP contribution in [0.25, 0.3) is 0 Å². The molecule has 0 aliphatic carbocycles. The van der Waals surface area contributed by atoms with Crippen LogP contribution in [0, 0.1) is 0 Å². The lowest BCUT2D eigenvalue weighted by atomic mass is 10.1. The summed E-state index contributed by atoms with van der Waals surface area (Å²) in [5, 5.41) is 11.6. The van der Waals surface area contributed by atoms with Crippen molar-refractivity contribution in [1.29, 1.82) is 0 Å². The van der Waals surface area contributed by atoms with Crippen LogP contribution in [0.1, 0.15) is 28.5 Å². The number of rotatable bonds is 6. The van der Waals surface area contributed by atoms with E-state index < -0.39 is 5.97 Å². The Morgan fingerprint density at radius 1 is 1.14 bits per heavy atom. The maximum absolute atomic E-state index is 12.1. The zero-order valence-corrected chi connectivity index (χ0v) is 11.9. The normalized spacial score (nSPS) is 10.3. The number of carbonyl (C=O) groups excluding carboxylic acids is 1. The number of nitrogens with one attached hydrogen (secondary N) is 1. The number of carboxylic acids is 1. The van der Waals surface area contributed by atoms with Crippen LogP contribution >= 0.6 is 0 Å². The molecule has 21 heavy (non-hydrogen) atoms. The molecule has 1 aromatic heterocycles. The van der Waals surface area contributed by atoms with Gasteiger partial charge in [-0.15, -0.1) is 0 Å². The molecule has 0 saturated heterocycles. The fourth-order valence-electron chi connectivity index (χ4n) is 2.07. The second-order valence-corrected chi connectivity index (χ2v) is 4.77. The van der Waals surface area contributed by atoms with Crippen LogP contribution in [0.15, 0.2) is 42.6 Å². The summed E-state index contributed by atoms with van der Waals surface area (Å²) in [6, 6.07) is 11.3. The van der Waals surface area contributed by atoms with Gasteiger partial charge in [0.1, 0.15) is 12.2 Å². The van der Waals surface area contributed by atoms with Crippen molar-refractivity contribution in [3.8, 4) is 0 Å². The van der Waals surface area contributed by atoms with Gasteiger partial charge in [-0.1, -0.05) is 31.2 Å². The van der Waals surface area contributed by atoms with E-state index in [0.29, 0.717) is 12.2 Å². The molecular weight excluding hydrogens is 268 g/mol. The first-order valence-corrected chi connectivity index (χ1v) is 6.83. The van der Waals surface area contributed by atoms with Crippen molar-refractivity contribution in [3.05, 3.63) is 59.4 Å². The molecule has 5 nitrogen and oxygen atoms in total. The lowest BCUT2D eigenvalue weighted by Crippen LogP contribution is -2.26. The molecule has 0 bridgehead atoms. The molecule has 1 heterocycles. The van der Waals surface area contributed by atoms with Crippen LogP contribution in [-0.4, -0.2) is 21.6 Å². The molecule has 0 spiro atoms. The van der Waals surface area contributed by atoms with Gasteiger partial charge in [-0.3, -0.25) is 9.59 Å². The number of aliphatic carboxylic acids is 1. The van der Waals surface area contributed by atoms with E-state index in [4.69, 9.17) is 5.11 Å². The van der Waals surface area contributed by atoms with E-state index >= 15 is 0 Å². The Bertz CT molecular complexity index is 629. The van der Waals surface area contributed by atoms with E-state index in [9.17, 15) is 9.59 Å². The number of aromatic nitrogens is 1. The molecule has 2 aromatic rings. The SMILES string of the molecule is CCc1ccc(CNC(=O)c2cccn2CC(=O)O)cc1. The minimum atomic E-state index is -0.976. The Labute approximate surface area is 123 Å². The summed E-state index contributed by atoms with van der Waals surface area (Å²) in [5.74, 6) is -1.25. The van der Waals surface area contributed by atoms with Crippen molar-refractivity contribution in [3.63, 3.8) is 0 Å². The average Bonchev–Trinajstić information content (AvgIpc) is 2.92. The molecule has 1 aromatic carbocycles. The highest BCUT2D eigenvalue weighted by atomic mass is 16.4. The van der Waals surface area contributed by atoms with Gasteiger partial charge in [-0.2, -0.15) is 0 Å².